The Kier molecular flexibility index (Phi) is 7.79. The number of halogens is 1. The van der Waals surface area contributed by atoms with Crippen molar-refractivity contribution in [3.8, 4) is 0 Å². The molecule has 1 aliphatic carbocycles. The molecule has 2 heterocycles. The standard InChI is InChI=1S/C18H28N4O.ClH/c23-18(15-6-4-2-1-3-5-7-15)21-17-9-8-16(14-20-17)22-12-10-19-11-13-22;/h8-9,14-15,19H,1-7,10-13H2,(H,20,21,23);1H. The molecule has 5 nitrogen and oxygen atoms in total. The van der Waals surface area contributed by atoms with E-state index in [-0.39, 0.29) is 24.2 Å². The van der Waals surface area contributed by atoms with Crippen LogP contribution in [0.3, 0.4) is 0 Å². The van der Waals surface area contributed by atoms with E-state index in [1.54, 1.807) is 0 Å². The van der Waals surface area contributed by atoms with Gasteiger partial charge in [-0.3, -0.25) is 4.79 Å². The predicted molar refractivity (Wildman–Crippen MR) is 101 cm³/mol. The fourth-order valence-corrected chi connectivity index (χ4v) is 3.52. The molecule has 1 aromatic rings. The summed E-state index contributed by atoms with van der Waals surface area (Å²) in [4.78, 5) is 19.2. The van der Waals surface area contributed by atoms with Gasteiger partial charge in [0.15, 0.2) is 0 Å². The first-order valence-corrected chi connectivity index (χ1v) is 9.05. The molecule has 1 aromatic heterocycles. The maximum Gasteiger partial charge on any atom is 0.228 e. The maximum absolute atomic E-state index is 12.4. The minimum absolute atomic E-state index is 0. The summed E-state index contributed by atoms with van der Waals surface area (Å²) in [6.45, 7) is 4.05. The second-order valence-corrected chi connectivity index (χ2v) is 6.67. The molecular formula is C18H29ClN4O. The Balaban J connectivity index is 0.00000208. The number of rotatable bonds is 3. The van der Waals surface area contributed by atoms with Gasteiger partial charge >= 0.3 is 0 Å². The fourth-order valence-electron chi connectivity index (χ4n) is 3.52. The van der Waals surface area contributed by atoms with Gasteiger partial charge in [-0.15, -0.1) is 12.4 Å². The number of piperazine rings is 1. The van der Waals surface area contributed by atoms with Crippen molar-refractivity contribution < 1.29 is 4.79 Å². The predicted octanol–water partition coefficient (Wildman–Crippen LogP) is 3.21. The third-order valence-corrected chi connectivity index (χ3v) is 4.96. The molecule has 24 heavy (non-hydrogen) atoms. The number of carbonyl (C=O) groups excluding carboxylic acids is 1. The van der Waals surface area contributed by atoms with E-state index in [0.29, 0.717) is 5.82 Å². The first-order valence-electron chi connectivity index (χ1n) is 9.05. The van der Waals surface area contributed by atoms with Crippen molar-refractivity contribution in [3.05, 3.63) is 18.3 Å². The van der Waals surface area contributed by atoms with Gasteiger partial charge in [0.05, 0.1) is 11.9 Å². The highest BCUT2D eigenvalue weighted by Crippen LogP contribution is 2.24. The summed E-state index contributed by atoms with van der Waals surface area (Å²) in [7, 11) is 0. The summed E-state index contributed by atoms with van der Waals surface area (Å²) in [5.74, 6) is 0.982. The molecule has 0 unspecified atom stereocenters. The molecule has 0 atom stereocenters. The number of hydrogen-bond donors (Lipinski definition) is 2. The quantitative estimate of drug-likeness (QED) is 0.877. The number of nitrogens with one attached hydrogen (secondary N) is 2. The number of hydrogen-bond acceptors (Lipinski definition) is 4. The lowest BCUT2D eigenvalue weighted by Gasteiger charge is -2.29. The van der Waals surface area contributed by atoms with Crippen molar-refractivity contribution in [3.63, 3.8) is 0 Å². The van der Waals surface area contributed by atoms with Gasteiger partial charge in [0.25, 0.3) is 0 Å². The minimum Gasteiger partial charge on any atom is -0.368 e. The van der Waals surface area contributed by atoms with E-state index in [1.165, 1.54) is 32.1 Å². The smallest absolute Gasteiger partial charge is 0.228 e. The molecular weight excluding hydrogens is 324 g/mol. The van der Waals surface area contributed by atoms with Crippen molar-refractivity contribution in [2.24, 2.45) is 5.92 Å². The molecule has 3 rings (SSSR count). The number of amides is 1. The molecule has 2 aliphatic rings. The van der Waals surface area contributed by atoms with Crippen LogP contribution in [0.4, 0.5) is 11.5 Å². The lowest BCUT2D eigenvalue weighted by molar-refractivity contribution is -0.120. The van der Waals surface area contributed by atoms with Crippen LogP contribution in [0.5, 0.6) is 0 Å². The van der Waals surface area contributed by atoms with Gasteiger partial charge in [0, 0.05) is 32.1 Å². The van der Waals surface area contributed by atoms with E-state index in [4.69, 9.17) is 0 Å². The Morgan fingerprint density at radius 1 is 1.08 bits per heavy atom. The Labute approximate surface area is 151 Å². The molecule has 0 bridgehead atoms. The highest BCUT2D eigenvalue weighted by Gasteiger charge is 2.20. The average molecular weight is 353 g/mol. The highest BCUT2D eigenvalue weighted by atomic mass is 35.5. The monoisotopic (exact) mass is 352 g/mol. The number of aromatic nitrogens is 1. The molecule has 134 valence electrons. The van der Waals surface area contributed by atoms with Crippen LogP contribution in [0.1, 0.15) is 44.9 Å². The molecule has 1 aliphatic heterocycles. The molecule has 0 aromatic carbocycles. The summed E-state index contributed by atoms with van der Waals surface area (Å²) in [6.07, 6.45) is 10.1. The van der Waals surface area contributed by atoms with E-state index in [0.717, 1.165) is 44.7 Å². The molecule has 0 radical (unpaired) electrons. The van der Waals surface area contributed by atoms with Crippen molar-refractivity contribution >= 4 is 29.8 Å². The molecule has 6 heteroatoms. The summed E-state index contributed by atoms with van der Waals surface area (Å²) in [6, 6.07) is 3.99. The van der Waals surface area contributed by atoms with E-state index >= 15 is 0 Å². The highest BCUT2D eigenvalue weighted by molar-refractivity contribution is 5.91. The number of pyridine rings is 1. The third-order valence-electron chi connectivity index (χ3n) is 4.96. The zero-order valence-electron chi connectivity index (χ0n) is 14.3. The van der Waals surface area contributed by atoms with Crippen molar-refractivity contribution in [1.82, 2.24) is 10.3 Å². The zero-order valence-corrected chi connectivity index (χ0v) is 15.1. The largest absolute Gasteiger partial charge is 0.368 e. The van der Waals surface area contributed by atoms with Crippen LogP contribution < -0.4 is 15.5 Å². The van der Waals surface area contributed by atoms with Crippen molar-refractivity contribution in [2.75, 3.05) is 36.4 Å². The fraction of sp³-hybridized carbons (Fsp3) is 0.667. The van der Waals surface area contributed by atoms with Gasteiger partial charge in [-0.25, -0.2) is 4.98 Å². The van der Waals surface area contributed by atoms with Gasteiger partial charge in [-0.05, 0) is 25.0 Å². The van der Waals surface area contributed by atoms with Crippen LogP contribution in [0, 0.1) is 5.92 Å². The minimum atomic E-state index is 0. The second kappa shape index (κ2) is 9.84. The lowest BCUT2D eigenvalue weighted by Crippen LogP contribution is -2.43. The summed E-state index contributed by atoms with van der Waals surface area (Å²) in [5, 5.41) is 6.36. The lowest BCUT2D eigenvalue weighted by atomic mass is 9.90. The van der Waals surface area contributed by atoms with Gasteiger partial charge < -0.3 is 15.5 Å². The van der Waals surface area contributed by atoms with E-state index in [1.807, 2.05) is 12.3 Å². The summed E-state index contributed by atoms with van der Waals surface area (Å²) >= 11 is 0. The summed E-state index contributed by atoms with van der Waals surface area (Å²) in [5.41, 5.74) is 1.13. The third kappa shape index (κ3) is 5.35. The van der Waals surface area contributed by atoms with Crippen molar-refractivity contribution in [2.45, 2.75) is 44.9 Å². The van der Waals surface area contributed by atoms with Crippen LogP contribution in [-0.4, -0.2) is 37.1 Å². The number of nitrogens with zero attached hydrogens (tertiary/aromatic N) is 2. The van der Waals surface area contributed by atoms with Crippen LogP contribution in [0.15, 0.2) is 18.3 Å². The Morgan fingerprint density at radius 2 is 1.75 bits per heavy atom. The van der Waals surface area contributed by atoms with Crippen LogP contribution in [0.2, 0.25) is 0 Å². The Bertz CT molecular complexity index is 494. The van der Waals surface area contributed by atoms with E-state index in [9.17, 15) is 4.79 Å². The van der Waals surface area contributed by atoms with Gasteiger partial charge in [0.1, 0.15) is 5.82 Å². The first kappa shape index (κ1) is 19.0. The van der Waals surface area contributed by atoms with Crippen LogP contribution in [0.25, 0.3) is 0 Å². The first-order chi connectivity index (χ1) is 11.3. The van der Waals surface area contributed by atoms with Gasteiger partial charge in [0.2, 0.25) is 5.91 Å². The topological polar surface area (TPSA) is 57.3 Å². The maximum atomic E-state index is 12.4. The second-order valence-electron chi connectivity index (χ2n) is 6.67. The molecule has 2 fully saturated rings. The van der Waals surface area contributed by atoms with E-state index < -0.39 is 0 Å². The Hall–Kier alpha value is -1.33. The van der Waals surface area contributed by atoms with Crippen molar-refractivity contribution in [1.29, 1.82) is 0 Å². The average Bonchev–Trinajstić information content (AvgIpc) is 2.56. The molecule has 0 spiro atoms. The number of carbonyl (C=O) groups is 1. The SMILES string of the molecule is Cl.O=C(Nc1ccc(N2CCNCC2)cn1)C1CCCCCCC1. The molecule has 1 amide bonds. The molecule has 1 saturated carbocycles. The number of anilines is 2. The normalized spacial score (nSPS) is 19.8. The summed E-state index contributed by atoms with van der Waals surface area (Å²) < 4.78 is 0. The van der Waals surface area contributed by atoms with Gasteiger partial charge in [-0.2, -0.15) is 0 Å². The Morgan fingerprint density at radius 3 is 2.38 bits per heavy atom. The van der Waals surface area contributed by atoms with Gasteiger partial charge in [-0.1, -0.05) is 32.1 Å². The van der Waals surface area contributed by atoms with Crippen LogP contribution >= 0.6 is 12.4 Å². The molecule has 2 N–H and O–H groups in total. The van der Waals surface area contributed by atoms with Crippen LogP contribution in [-0.2, 0) is 4.79 Å². The van der Waals surface area contributed by atoms with E-state index in [2.05, 4.69) is 26.6 Å². The zero-order chi connectivity index (χ0) is 15.9. The molecule has 1 saturated heterocycles.